The van der Waals surface area contributed by atoms with Crippen molar-refractivity contribution in [3.05, 3.63) is 16.1 Å². The Hall–Kier alpha value is -0.510. The molecule has 2 rings (SSSR count). The van der Waals surface area contributed by atoms with E-state index in [9.17, 15) is 0 Å². The molecule has 7 heteroatoms. The SMILES string of the molecule is OC[C@@H]1CN(c2cc(I)ncn2)C[C@@H](CO)O1. The molecule has 1 saturated heterocycles. The smallest absolute Gasteiger partial charge is 0.133 e. The number of aromatic nitrogens is 2. The minimum atomic E-state index is -0.284. The van der Waals surface area contributed by atoms with Gasteiger partial charge in [-0.05, 0) is 22.6 Å². The Kier molecular flexibility index (Phi) is 4.48. The highest BCUT2D eigenvalue weighted by molar-refractivity contribution is 14.1. The number of anilines is 1. The topological polar surface area (TPSA) is 78.7 Å². The van der Waals surface area contributed by atoms with Crippen LogP contribution in [-0.4, -0.2) is 58.7 Å². The maximum absolute atomic E-state index is 9.16. The molecule has 0 spiro atoms. The summed E-state index contributed by atoms with van der Waals surface area (Å²) in [5, 5.41) is 18.3. The Bertz CT molecular complexity index is 368. The summed E-state index contributed by atoms with van der Waals surface area (Å²) in [4.78, 5) is 10.2. The van der Waals surface area contributed by atoms with Gasteiger partial charge < -0.3 is 19.8 Å². The number of hydrogen-bond donors (Lipinski definition) is 2. The molecule has 2 N–H and O–H groups in total. The van der Waals surface area contributed by atoms with Crippen molar-refractivity contribution in [1.82, 2.24) is 9.97 Å². The fourth-order valence-corrected chi connectivity index (χ4v) is 2.21. The summed E-state index contributed by atoms with van der Waals surface area (Å²) >= 11 is 2.12. The van der Waals surface area contributed by atoms with Crippen LogP contribution in [0.15, 0.2) is 12.4 Å². The summed E-state index contributed by atoms with van der Waals surface area (Å²) < 4.78 is 6.34. The van der Waals surface area contributed by atoms with Crippen LogP contribution in [0.25, 0.3) is 0 Å². The molecule has 94 valence electrons. The average molecular weight is 351 g/mol. The van der Waals surface area contributed by atoms with E-state index in [4.69, 9.17) is 14.9 Å². The van der Waals surface area contributed by atoms with Gasteiger partial charge in [0.2, 0.25) is 0 Å². The van der Waals surface area contributed by atoms with Crippen molar-refractivity contribution in [3.63, 3.8) is 0 Å². The lowest BCUT2D eigenvalue weighted by Gasteiger charge is -2.37. The fourth-order valence-electron chi connectivity index (χ4n) is 1.81. The van der Waals surface area contributed by atoms with E-state index in [1.807, 2.05) is 11.0 Å². The predicted octanol–water partition coefficient (Wildman–Crippen LogP) is -0.360. The zero-order chi connectivity index (χ0) is 12.3. The average Bonchev–Trinajstić information content (AvgIpc) is 2.38. The Balaban J connectivity index is 2.14. The quantitative estimate of drug-likeness (QED) is 0.572. The van der Waals surface area contributed by atoms with E-state index in [0.29, 0.717) is 13.1 Å². The molecule has 2 atom stereocenters. The number of hydrogen-bond acceptors (Lipinski definition) is 6. The molecule has 1 aromatic heterocycles. The van der Waals surface area contributed by atoms with E-state index < -0.39 is 0 Å². The van der Waals surface area contributed by atoms with Crippen molar-refractivity contribution < 1.29 is 14.9 Å². The highest BCUT2D eigenvalue weighted by Gasteiger charge is 2.27. The van der Waals surface area contributed by atoms with Gasteiger partial charge in [-0.2, -0.15) is 0 Å². The molecule has 17 heavy (non-hydrogen) atoms. The predicted molar refractivity (Wildman–Crippen MR) is 69.8 cm³/mol. The zero-order valence-electron chi connectivity index (χ0n) is 9.16. The minimum Gasteiger partial charge on any atom is -0.394 e. The lowest BCUT2D eigenvalue weighted by atomic mass is 10.2. The van der Waals surface area contributed by atoms with E-state index in [0.717, 1.165) is 9.52 Å². The van der Waals surface area contributed by atoms with Crippen LogP contribution in [0.1, 0.15) is 0 Å². The number of rotatable bonds is 3. The van der Waals surface area contributed by atoms with Gasteiger partial charge in [0.05, 0.1) is 25.4 Å². The summed E-state index contributed by atoms with van der Waals surface area (Å²) in [6.07, 6.45) is 0.941. The van der Waals surface area contributed by atoms with Gasteiger partial charge in [-0.3, -0.25) is 0 Å². The highest BCUT2D eigenvalue weighted by Crippen LogP contribution is 2.18. The van der Waals surface area contributed by atoms with Gasteiger partial charge in [0.15, 0.2) is 0 Å². The molecule has 1 aliphatic heterocycles. The van der Waals surface area contributed by atoms with Crippen LogP contribution >= 0.6 is 22.6 Å². The molecule has 0 amide bonds. The van der Waals surface area contributed by atoms with Gasteiger partial charge in [-0.1, -0.05) is 0 Å². The second-order valence-corrected chi connectivity index (χ2v) is 4.95. The summed E-state index contributed by atoms with van der Waals surface area (Å²) in [5.74, 6) is 0.796. The van der Waals surface area contributed by atoms with Gasteiger partial charge in [0.1, 0.15) is 15.8 Å². The number of nitrogens with zero attached hydrogens (tertiary/aromatic N) is 3. The standard InChI is InChI=1S/C10H14IN3O3/c11-9-1-10(13-6-12-9)14-2-7(4-15)17-8(3-14)5-16/h1,6-8,15-16H,2-5H2/t7-,8-/m0/s1. The van der Waals surface area contributed by atoms with Crippen LogP contribution < -0.4 is 4.90 Å². The van der Waals surface area contributed by atoms with Gasteiger partial charge >= 0.3 is 0 Å². The monoisotopic (exact) mass is 351 g/mol. The molecule has 1 aliphatic rings. The molecule has 0 unspecified atom stereocenters. The molecular formula is C10H14IN3O3. The Morgan fingerprint density at radius 1 is 1.29 bits per heavy atom. The van der Waals surface area contributed by atoms with Crippen LogP contribution in [-0.2, 0) is 4.74 Å². The molecule has 0 saturated carbocycles. The molecule has 1 fully saturated rings. The molecule has 6 nitrogen and oxygen atoms in total. The van der Waals surface area contributed by atoms with Crippen molar-refractivity contribution in [1.29, 1.82) is 0 Å². The molecule has 0 radical (unpaired) electrons. The second kappa shape index (κ2) is 5.89. The largest absolute Gasteiger partial charge is 0.394 e. The molecule has 2 heterocycles. The molecular weight excluding hydrogens is 337 g/mol. The van der Waals surface area contributed by atoms with Crippen molar-refractivity contribution in [2.24, 2.45) is 0 Å². The van der Waals surface area contributed by atoms with Crippen molar-refractivity contribution >= 4 is 28.4 Å². The van der Waals surface area contributed by atoms with Gasteiger partial charge in [0, 0.05) is 19.2 Å². The summed E-state index contributed by atoms with van der Waals surface area (Å²) in [6, 6.07) is 1.87. The van der Waals surface area contributed by atoms with Crippen LogP contribution in [0.2, 0.25) is 0 Å². The van der Waals surface area contributed by atoms with E-state index in [1.165, 1.54) is 6.33 Å². The molecule has 0 aliphatic carbocycles. The Morgan fingerprint density at radius 2 is 1.94 bits per heavy atom. The van der Waals surface area contributed by atoms with Crippen LogP contribution in [0.4, 0.5) is 5.82 Å². The highest BCUT2D eigenvalue weighted by atomic mass is 127. The van der Waals surface area contributed by atoms with Crippen LogP contribution in [0.5, 0.6) is 0 Å². The maximum Gasteiger partial charge on any atom is 0.133 e. The van der Waals surface area contributed by atoms with Crippen LogP contribution in [0.3, 0.4) is 0 Å². The Morgan fingerprint density at radius 3 is 2.47 bits per heavy atom. The van der Waals surface area contributed by atoms with Gasteiger partial charge in [-0.25, -0.2) is 9.97 Å². The first-order valence-electron chi connectivity index (χ1n) is 5.32. The van der Waals surface area contributed by atoms with E-state index in [-0.39, 0.29) is 25.4 Å². The number of halogens is 1. The van der Waals surface area contributed by atoms with Crippen molar-refractivity contribution in [2.45, 2.75) is 12.2 Å². The number of aliphatic hydroxyl groups is 2. The van der Waals surface area contributed by atoms with E-state index in [1.54, 1.807) is 0 Å². The third kappa shape index (κ3) is 3.24. The van der Waals surface area contributed by atoms with Gasteiger partial charge in [-0.15, -0.1) is 0 Å². The summed E-state index contributed by atoms with van der Waals surface area (Å²) in [5.41, 5.74) is 0. The fraction of sp³-hybridized carbons (Fsp3) is 0.600. The van der Waals surface area contributed by atoms with Crippen LogP contribution in [0, 0.1) is 3.70 Å². The first kappa shape index (κ1) is 12.9. The lowest BCUT2D eigenvalue weighted by molar-refractivity contribution is -0.0701. The molecule has 0 bridgehead atoms. The van der Waals surface area contributed by atoms with E-state index >= 15 is 0 Å². The number of morpholine rings is 1. The first-order valence-corrected chi connectivity index (χ1v) is 6.40. The van der Waals surface area contributed by atoms with Gasteiger partial charge in [0.25, 0.3) is 0 Å². The lowest BCUT2D eigenvalue weighted by Crippen LogP contribution is -2.50. The maximum atomic E-state index is 9.16. The van der Waals surface area contributed by atoms with Crippen molar-refractivity contribution in [2.75, 3.05) is 31.2 Å². The first-order chi connectivity index (χ1) is 8.22. The number of ether oxygens (including phenoxy) is 1. The molecule has 1 aromatic rings. The third-order valence-electron chi connectivity index (χ3n) is 2.58. The molecule has 0 aromatic carbocycles. The number of aliphatic hydroxyl groups excluding tert-OH is 2. The Labute approximate surface area is 113 Å². The summed E-state index contributed by atoms with van der Waals surface area (Å²) in [7, 11) is 0. The van der Waals surface area contributed by atoms with Crippen molar-refractivity contribution in [3.8, 4) is 0 Å². The second-order valence-electron chi connectivity index (χ2n) is 3.85. The minimum absolute atomic E-state index is 0.0603. The summed E-state index contributed by atoms with van der Waals surface area (Å²) in [6.45, 7) is 1.02. The third-order valence-corrected chi connectivity index (χ3v) is 3.17. The zero-order valence-corrected chi connectivity index (χ0v) is 11.3. The van der Waals surface area contributed by atoms with E-state index in [2.05, 4.69) is 32.6 Å². The normalized spacial score (nSPS) is 25.0.